The normalized spacial score (nSPS) is 30.5. The number of carbonyl (C=O) groups excluding carboxylic acids is 2. The minimum atomic E-state index is -1.08. The minimum absolute atomic E-state index is 0.0317. The van der Waals surface area contributed by atoms with Crippen LogP contribution in [0.5, 0.6) is 0 Å². The van der Waals surface area contributed by atoms with E-state index < -0.39 is 23.0 Å². The van der Waals surface area contributed by atoms with Crippen molar-refractivity contribution in [2.75, 3.05) is 0 Å². The molecule has 0 radical (unpaired) electrons. The van der Waals surface area contributed by atoms with Gasteiger partial charge in [-0.2, -0.15) is 0 Å². The fraction of sp³-hybridized carbons (Fsp3) is 0.520. The molecule has 2 aromatic rings. The van der Waals surface area contributed by atoms with Gasteiger partial charge in [-0.3, -0.25) is 9.59 Å². The van der Waals surface area contributed by atoms with Gasteiger partial charge in [0.15, 0.2) is 11.6 Å². The number of carbonyl (C=O) groups is 2. The van der Waals surface area contributed by atoms with Crippen LogP contribution in [-0.4, -0.2) is 33.0 Å². The molecule has 1 heterocycles. The van der Waals surface area contributed by atoms with Gasteiger partial charge in [0.2, 0.25) is 5.78 Å². The highest BCUT2D eigenvalue weighted by Gasteiger charge is 2.55. The minimum Gasteiger partial charge on any atom is -0.390 e. The van der Waals surface area contributed by atoms with Gasteiger partial charge in [0.25, 0.3) is 5.91 Å². The molecule has 1 aromatic heterocycles. The van der Waals surface area contributed by atoms with Crippen molar-refractivity contribution in [1.29, 1.82) is 0 Å². The van der Waals surface area contributed by atoms with E-state index in [9.17, 15) is 23.5 Å². The second-order valence-corrected chi connectivity index (χ2v) is 9.97. The second-order valence-electron chi connectivity index (χ2n) is 9.97. The predicted octanol–water partition coefficient (Wildman–Crippen LogP) is 3.77. The zero-order valence-corrected chi connectivity index (χ0v) is 18.3. The zero-order chi connectivity index (χ0) is 22.8. The molecule has 4 aliphatic rings. The molecule has 2 atom stereocenters. The lowest BCUT2D eigenvalue weighted by Crippen LogP contribution is -2.61. The van der Waals surface area contributed by atoms with Gasteiger partial charge in [0.1, 0.15) is 5.69 Å². The highest BCUT2D eigenvalue weighted by atomic mass is 19.2. The van der Waals surface area contributed by atoms with Gasteiger partial charge in [-0.25, -0.2) is 8.78 Å². The van der Waals surface area contributed by atoms with Crippen LogP contribution in [0.4, 0.5) is 8.78 Å². The van der Waals surface area contributed by atoms with Crippen LogP contribution in [0, 0.1) is 29.4 Å². The second kappa shape index (κ2) is 7.51. The summed E-state index contributed by atoms with van der Waals surface area (Å²) in [6.07, 6.45) is 4.99. The summed E-state index contributed by atoms with van der Waals surface area (Å²) in [6.45, 7) is 1.91. The molecule has 1 amide bonds. The first-order valence-electron chi connectivity index (χ1n) is 11.4. The summed E-state index contributed by atoms with van der Waals surface area (Å²) in [4.78, 5) is 26.4. The summed E-state index contributed by atoms with van der Waals surface area (Å²) < 4.78 is 28.5. The summed E-state index contributed by atoms with van der Waals surface area (Å²) in [7, 11) is 1.65. The molecule has 0 spiro atoms. The van der Waals surface area contributed by atoms with Crippen molar-refractivity contribution in [2.45, 2.75) is 57.1 Å². The maximum atomic E-state index is 13.6. The Labute approximate surface area is 185 Å². The molecular weight excluding hydrogens is 414 g/mol. The third-order valence-corrected chi connectivity index (χ3v) is 7.86. The Morgan fingerprint density at radius 2 is 1.81 bits per heavy atom. The van der Waals surface area contributed by atoms with E-state index in [2.05, 4.69) is 5.32 Å². The van der Waals surface area contributed by atoms with Crippen molar-refractivity contribution in [3.8, 4) is 0 Å². The zero-order valence-electron chi connectivity index (χ0n) is 18.3. The van der Waals surface area contributed by atoms with Gasteiger partial charge in [0, 0.05) is 18.7 Å². The quantitative estimate of drug-likeness (QED) is 0.693. The number of aliphatic hydroxyl groups is 1. The van der Waals surface area contributed by atoms with Crippen molar-refractivity contribution >= 4 is 11.7 Å². The summed E-state index contributed by atoms with van der Waals surface area (Å²) in [5.74, 6) is -1.67. The molecule has 2 unspecified atom stereocenters. The molecule has 170 valence electrons. The topological polar surface area (TPSA) is 71.3 Å². The smallest absolute Gasteiger partial charge is 0.268 e. The van der Waals surface area contributed by atoms with Gasteiger partial charge in [0.05, 0.1) is 11.3 Å². The molecular formula is C25H28F2N2O3. The molecule has 7 heteroatoms. The van der Waals surface area contributed by atoms with E-state index in [4.69, 9.17) is 0 Å². The van der Waals surface area contributed by atoms with Crippen LogP contribution < -0.4 is 5.32 Å². The van der Waals surface area contributed by atoms with E-state index in [1.807, 2.05) is 6.92 Å². The van der Waals surface area contributed by atoms with Crippen molar-refractivity contribution < 1.29 is 23.5 Å². The molecule has 4 fully saturated rings. The average Bonchev–Trinajstić information content (AvgIpc) is 3.07. The first kappa shape index (κ1) is 21.3. The number of ketones is 1. The van der Waals surface area contributed by atoms with Gasteiger partial charge in [-0.05, 0) is 86.1 Å². The van der Waals surface area contributed by atoms with E-state index in [-0.39, 0.29) is 35.0 Å². The van der Waals surface area contributed by atoms with Crippen LogP contribution in [0.3, 0.4) is 0 Å². The van der Waals surface area contributed by atoms with E-state index in [0.29, 0.717) is 18.0 Å². The molecule has 0 aliphatic heterocycles. The van der Waals surface area contributed by atoms with Gasteiger partial charge < -0.3 is 15.0 Å². The average molecular weight is 443 g/mol. The van der Waals surface area contributed by atoms with E-state index in [1.54, 1.807) is 17.7 Å². The number of rotatable bonds is 5. The molecule has 4 saturated carbocycles. The fourth-order valence-corrected chi connectivity index (χ4v) is 6.67. The lowest BCUT2D eigenvalue weighted by molar-refractivity contribution is -0.137. The predicted molar refractivity (Wildman–Crippen MR) is 114 cm³/mol. The largest absolute Gasteiger partial charge is 0.390 e. The lowest BCUT2D eigenvalue weighted by atomic mass is 9.52. The Bertz CT molecular complexity index is 1090. The van der Waals surface area contributed by atoms with Crippen LogP contribution >= 0.6 is 0 Å². The Morgan fingerprint density at radius 1 is 1.12 bits per heavy atom. The summed E-state index contributed by atoms with van der Waals surface area (Å²) in [5.41, 5.74) is 0.886. The number of aromatic nitrogens is 1. The number of nitrogens with one attached hydrogen (secondary N) is 1. The van der Waals surface area contributed by atoms with Crippen LogP contribution in [0.25, 0.3) is 0 Å². The summed E-state index contributed by atoms with van der Waals surface area (Å²) >= 11 is 0. The molecule has 4 aliphatic carbocycles. The Hall–Kier alpha value is -2.54. The lowest BCUT2D eigenvalue weighted by Gasteiger charge is -2.58. The Kier molecular flexibility index (Phi) is 5.00. The van der Waals surface area contributed by atoms with E-state index >= 15 is 0 Å². The van der Waals surface area contributed by atoms with Crippen LogP contribution in [0.2, 0.25) is 0 Å². The number of nitrogens with zero attached hydrogens (tertiary/aromatic N) is 1. The maximum absolute atomic E-state index is 13.6. The molecule has 6 rings (SSSR count). The van der Waals surface area contributed by atoms with E-state index in [1.165, 1.54) is 6.07 Å². The summed E-state index contributed by atoms with van der Waals surface area (Å²) in [5, 5.41) is 14.0. The molecule has 5 nitrogen and oxygen atoms in total. The number of amides is 1. The van der Waals surface area contributed by atoms with Crippen molar-refractivity contribution in [3.05, 3.63) is 58.4 Å². The molecule has 0 saturated heterocycles. The summed E-state index contributed by atoms with van der Waals surface area (Å²) in [6, 6.07) is 4.76. The van der Waals surface area contributed by atoms with Crippen LogP contribution in [0.15, 0.2) is 24.3 Å². The van der Waals surface area contributed by atoms with Crippen molar-refractivity contribution in [1.82, 2.24) is 9.88 Å². The molecule has 1 aromatic carbocycles. The maximum Gasteiger partial charge on any atom is 0.268 e. The Morgan fingerprint density at radius 3 is 2.41 bits per heavy atom. The highest BCUT2D eigenvalue weighted by Crippen LogP contribution is 2.55. The first-order chi connectivity index (χ1) is 15.2. The number of aryl methyl sites for hydroxylation is 1. The first-order valence-corrected chi connectivity index (χ1v) is 11.4. The SMILES string of the molecule is CCc1cc(C(=O)c2ccc(F)c(F)c2)n(C)c1C(=O)NC1C2CC3CC1CC(O)(C3)C2. The number of hydrogen-bond acceptors (Lipinski definition) is 3. The standard InChI is InChI=1S/C25H28F2N2O3/c1-3-14-9-20(23(30)15-4-5-18(26)19(27)8-15)29(2)22(14)24(31)28-21-16-6-13-7-17(21)12-25(32,10-13)11-16/h4-5,8-9,13,16-17,21,32H,3,6-7,10-12H2,1-2H3,(H,28,31). The fourth-order valence-electron chi connectivity index (χ4n) is 6.67. The molecule has 2 N–H and O–H groups in total. The Balaban J connectivity index is 1.41. The number of halogens is 2. The van der Waals surface area contributed by atoms with Gasteiger partial charge in [-0.1, -0.05) is 6.92 Å². The third-order valence-electron chi connectivity index (χ3n) is 7.86. The third kappa shape index (κ3) is 3.38. The van der Waals surface area contributed by atoms with Crippen molar-refractivity contribution in [3.63, 3.8) is 0 Å². The number of hydrogen-bond donors (Lipinski definition) is 2. The van der Waals surface area contributed by atoms with Gasteiger partial charge >= 0.3 is 0 Å². The monoisotopic (exact) mass is 442 g/mol. The van der Waals surface area contributed by atoms with Crippen LogP contribution in [0.1, 0.15) is 71.1 Å². The van der Waals surface area contributed by atoms with Gasteiger partial charge in [-0.15, -0.1) is 0 Å². The molecule has 32 heavy (non-hydrogen) atoms. The van der Waals surface area contributed by atoms with E-state index in [0.717, 1.165) is 49.8 Å². The van der Waals surface area contributed by atoms with Crippen molar-refractivity contribution in [2.24, 2.45) is 24.8 Å². The van der Waals surface area contributed by atoms with Crippen LogP contribution in [-0.2, 0) is 13.5 Å². The number of benzene rings is 1. The highest BCUT2D eigenvalue weighted by molar-refractivity contribution is 6.09. The molecule has 4 bridgehead atoms.